The van der Waals surface area contributed by atoms with Crippen LogP contribution in [0, 0.1) is 6.07 Å². The second-order valence-corrected chi connectivity index (χ2v) is 3.46. The Morgan fingerprint density at radius 3 is 2.60 bits per heavy atom. The van der Waals surface area contributed by atoms with Crippen molar-refractivity contribution in [1.29, 1.82) is 0 Å². The molecule has 0 atom stereocenters. The summed E-state index contributed by atoms with van der Waals surface area (Å²) in [4.78, 5) is 0. The lowest BCUT2D eigenvalue weighted by Gasteiger charge is -2.00. The Labute approximate surface area is 88.0 Å². The fourth-order valence-electron chi connectivity index (χ4n) is 1.71. The predicted octanol–water partition coefficient (Wildman–Crippen LogP) is 3.90. The van der Waals surface area contributed by atoms with E-state index in [-0.39, 0.29) is 0 Å². The summed E-state index contributed by atoms with van der Waals surface area (Å²) in [6.45, 7) is 0. The van der Waals surface area contributed by atoms with Crippen LogP contribution in [0.4, 0.5) is 0 Å². The first kappa shape index (κ1) is 8.30. The zero-order valence-electron chi connectivity index (χ0n) is 8.10. The minimum absolute atomic E-state index is 0.931. The van der Waals surface area contributed by atoms with E-state index in [1.54, 1.807) is 6.26 Å². The van der Waals surface area contributed by atoms with Gasteiger partial charge in [-0.1, -0.05) is 36.4 Å². The minimum atomic E-state index is 0.931. The van der Waals surface area contributed by atoms with Crippen LogP contribution in [0.25, 0.3) is 22.1 Å². The van der Waals surface area contributed by atoms with Crippen molar-refractivity contribution in [3.63, 3.8) is 0 Å². The van der Waals surface area contributed by atoms with Gasteiger partial charge < -0.3 is 4.42 Å². The topological polar surface area (TPSA) is 13.1 Å². The molecule has 15 heavy (non-hydrogen) atoms. The number of furan rings is 1. The van der Waals surface area contributed by atoms with E-state index in [0.717, 1.165) is 11.0 Å². The summed E-state index contributed by atoms with van der Waals surface area (Å²) in [6, 6.07) is 19.1. The van der Waals surface area contributed by atoms with Gasteiger partial charge in [-0.25, -0.2) is 0 Å². The third-order valence-corrected chi connectivity index (χ3v) is 2.51. The van der Waals surface area contributed by atoms with Crippen LogP contribution in [0.5, 0.6) is 0 Å². The number of rotatable bonds is 1. The third-order valence-electron chi connectivity index (χ3n) is 2.51. The molecule has 0 saturated heterocycles. The largest absolute Gasteiger partial charge is 0.464 e. The molecule has 2 aromatic carbocycles. The summed E-state index contributed by atoms with van der Waals surface area (Å²) in [6.07, 6.45) is 1.72. The van der Waals surface area contributed by atoms with Crippen molar-refractivity contribution in [2.75, 3.05) is 0 Å². The summed E-state index contributed by atoms with van der Waals surface area (Å²) in [7, 11) is 0. The predicted molar refractivity (Wildman–Crippen MR) is 60.5 cm³/mol. The molecule has 1 aromatic heterocycles. The Bertz CT molecular complexity index is 578. The zero-order valence-corrected chi connectivity index (χ0v) is 8.10. The Morgan fingerprint density at radius 2 is 1.73 bits per heavy atom. The van der Waals surface area contributed by atoms with E-state index in [2.05, 4.69) is 24.3 Å². The first-order valence-electron chi connectivity index (χ1n) is 4.87. The third kappa shape index (κ3) is 1.42. The smallest absolute Gasteiger partial charge is 0.134 e. The molecule has 0 fully saturated rings. The molecule has 0 N–H and O–H groups in total. The average Bonchev–Trinajstić information content (AvgIpc) is 2.77. The molecule has 0 saturated carbocycles. The normalized spacial score (nSPS) is 10.7. The van der Waals surface area contributed by atoms with Gasteiger partial charge in [0.15, 0.2) is 0 Å². The second-order valence-electron chi connectivity index (χ2n) is 3.46. The fraction of sp³-hybridized carbons (Fsp3) is 0. The van der Waals surface area contributed by atoms with Gasteiger partial charge in [0.05, 0.1) is 6.26 Å². The quantitative estimate of drug-likeness (QED) is 0.571. The highest BCUT2D eigenvalue weighted by Gasteiger charge is 2.00. The van der Waals surface area contributed by atoms with E-state index in [0.29, 0.717) is 0 Å². The van der Waals surface area contributed by atoms with Gasteiger partial charge >= 0.3 is 0 Å². The van der Waals surface area contributed by atoms with Crippen LogP contribution in [0.3, 0.4) is 0 Å². The minimum Gasteiger partial charge on any atom is -0.464 e. The summed E-state index contributed by atoms with van der Waals surface area (Å²) in [5.74, 6) is 0. The lowest BCUT2D eigenvalue weighted by molar-refractivity contribution is 0.616. The molecule has 0 spiro atoms. The number of fused-ring (bicyclic) bond motifs is 1. The first-order valence-corrected chi connectivity index (χ1v) is 4.87. The van der Waals surface area contributed by atoms with Gasteiger partial charge in [0, 0.05) is 5.39 Å². The van der Waals surface area contributed by atoms with Crippen molar-refractivity contribution in [3.8, 4) is 11.1 Å². The van der Waals surface area contributed by atoms with Crippen LogP contribution in [0.2, 0.25) is 0 Å². The van der Waals surface area contributed by atoms with E-state index >= 15 is 0 Å². The second kappa shape index (κ2) is 3.28. The number of hydrogen-bond acceptors (Lipinski definition) is 1. The lowest BCUT2D eigenvalue weighted by atomic mass is 10.1. The molecule has 0 aliphatic heterocycles. The van der Waals surface area contributed by atoms with Gasteiger partial charge in [-0.05, 0) is 29.3 Å². The van der Waals surface area contributed by atoms with Crippen molar-refractivity contribution in [2.45, 2.75) is 0 Å². The zero-order chi connectivity index (χ0) is 10.1. The maximum absolute atomic E-state index is 5.37. The van der Waals surface area contributed by atoms with Crippen molar-refractivity contribution >= 4 is 11.0 Å². The molecule has 0 aliphatic carbocycles. The van der Waals surface area contributed by atoms with E-state index in [1.165, 1.54) is 11.1 Å². The Balaban J connectivity index is 2.19. The number of hydrogen-bond donors (Lipinski definition) is 0. The van der Waals surface area contributed by atoms with Crippen molar-refractivity contribution < 1.29 is 4.42 Å². The van der Waals surface area contributed by atoms with Crippen molar-refractivity contribution in [3.05, 3.63) is 60.9 Å². The van der Waals surface area contributed by atoms with Gasteiger partial charge in [-0.3, -0.25) is 0 Å². The molecular formula is C14H9O. The number of benzene rings is 2. The van der Waals surface area contributed by atoms with Crippen molar-refractivity contribution in [2.24, 2.45) is 0 Å². The fourth-order valence-corrected chi connectivity index (χ4v) is 1.71. The molecule has 1 nitrogen and oxygen atoms in total. The first-order chi connectivity index (χ1) is 7.43. The summed E-state index contributed by atoms with van der Waals surface area (Å²) < 4.78 is 5.37. The molecule has 0 amide bonds. The SMILES string of the molecule is [c]1ccc(-c2ccc3ccoc3c2)cc1. The molecular weight excluding hydrogens is 184 g/mol. The van der Waals surface area contributed by atoms with E-state index in [1.807, 2.05) is 30.3 Å². The molecule has 1 heterocycles. The Hall–Kier alpha value is -2.02. The van der Waals surface area contributed by atoms with Gasteiger partial charge in [0.25, 0.3) is 0 Å². The molecule has 1 heteroatoms. The van der Waals surface area contributed by atoms with Crippen LogP contribution in [-0.2, 0) is 0 Å². The molecule has 0 unspecified atom stereocenters. The molecule has 0 bridgehead atoms. The standard InChI is InChI=1S/C14H9O/c1-2-4-11(5-3-1)13-7-6-12-8-9-15-14(12)10-13/h2-10H. The van der Waals surface area contributed by atoms with E-state index in [9.17, 15) is 0 Å². The van der Waals surface area contributed by atoms with Crippen LogP contribution in [-0.4, -0.2) is 0 Å². The average molecular weight is 193 g/mol. The Kier molecular flexibility index (Phi) is 1.82. The lowest BCUT2D eigenvalue weighted by Crippen LogP contribution is -1.75. The summed E-state index contributed by atoms with van der Waals surface area (Å²) in [5, 5.41) is 1.14. The summed E-state index contributed by atoms with van der Waals surface area (Å²) >= 11 is 0. The summed E-state index contributed by atoms with van der Waals surface area (Å²) in [5.41, 5.74) is 3.29. The molecule has 71 valence electrons. The molecule has 0 aliphatic rings. The van der Waals surface area contributed by atoms with Crippen LogP contribution >= 0.6 is 0 Å². The van der Waals surface area contributed by atoms with Gasteiger partial charge in [0.1, 0.15) is 5.58 Å². The highest BCUT2D eigenvalue weighted by Crippen LogP contribution is 2.24. The molecule has 1 radical (unpaired) electrons. The highest BCUT2D eigenvalue weighted by atomic mass is 16.3. The monoisotopic (exact) mass is 193 g/mol. The van der Waals surface area contributed by atoms with E-state index < -0.39 is 0 Å². The highest BCUT2D eigenvalue weighted by molar-refractivity contribution is 5.82. The van der Waals surface area contributed by atoms with Gasteiger partial charge in [-0.2, -0.15) is 0 Å². The van der Waals surface area contributed by atoms with Gasteiger partial charge in [-0.15, -0.1) is 0 Å². The van der Waals surface area contributed by atoms with Crippen LogP contribution in [0.15, 0.2) is 59.2 Å². The molecule has 3 rings (SSSR count). The Morgan fingerprint density at radius 1 is 0.867 bits per heavy atom. The van der Waals surface area contributed by atoms with E-state index in [4.69, 9.17) is 4.42 Å². The maximum Gasteiger partial charge on any atom is 0.134 e. The van der Waals surface area contributed by atoms with Crippen LogP contribution < -0.4 is 0 Å². The van der Waals surface area contributed by atoms with Crippen molar-refractivity contribution in [1.82, 2.24) is 0 Å². The maximum atomic E-state index is 5.37. The molecule has 3 aromatic rings. The van der Waals surface area contributed by atoms with Crippen LogP contribution in [0.1, 0.15) is 0 Å². The van der Waals surface area contributed by atoms with Gasteiger partial charge in [0.2, 0.25) is 0 Å².